The van der Waals surface area contributed by atoms with Crippen LogP contribution in [0, 0.1) is 0 Å². The first-order valence-electron chi connectivity index (χ1n) is 5.37. The molecule has 86 valence electrons. The number of carbonyl (C=O) groups is 1. The highest BCUT2D eigenvalue weighted by Gasteiger charge is 2.21. The third-order valence-corrected chi connectivity index (χ3v) is 2.70. The van der Waals surface area contributed by atoms with Crippen LogP contribution in [0.2, 0.25) is 0 Å². The van der Waals surface area contributed by atoms with Crippen LogP contribution in [0.3, 0.4) is 0 Å². The molecular weight excluding hydrogens is 192 g/mol. The fraction of sp³-hybridized carbons (Fsp3) is 0.727. The molecule has 0 bridgehead atoms. The summed E-state index contributed by atoms with van der Waals surface area (Å²) in [6.45, 7) is 11.3. The van der Waals surface area contributed by atoms with Crippen LogP contribution in [0.5, 0.6) is 0 Å². The van der Waals surface area contributed by atoms with E-state index in [4.69, 9.17) is 4.74 Å². The van der Waals surface area contributed by atoms with Crippen molar-refractivity contribution in [1.82, 2.24) is 9.80 Å². The molecule has 1 rings (SSSR count). The minimum atomic E-state index is 0.0997. The molecule has 0 N–H and O–H groups in total. The molecular formula is C11H20N2O2. The predicted molar refractivity (Wildman–Crippen MR) is 59.4 cm³/mol. The molecule has 0 radical (unpaired) electrons. The summed E-state index contributed by atoms with van der Waals surface area (Å²) in [7, 11) is 0. The van der Waals surface area contributed by atoms with E-state index in [0.717, 1.165) is 26.2 Å². The fourth-order valence-corrected chi connectivity index (χ4v) is 1.70. The lowest BCUT2D eigenvalue weighted by atomic mass is 10.4. The Morgan fingerprint density at radius 2 is 2.47 bits per heavy atom. The molecule has 1 fully saturated rings. The quantitative estimate of drug-likeness (QED) is 0.629. The highest BCUT2D eigenvalue weighted by molar-refractivity contribution is 5.73. The van der Waals surface area contributed by atoms with Crippen LogP contribution >= 0.6 is 0 Å². The Morgan fingerprint density at radius 1 is 1.73 bits per heavy atom. The standard InChI is InChI=1S/C11H20N2O2/c1-4-5-12(10(2)14)6-7-13-8-9-15-11(13)3/h4,11H,1,5-9H2,2-3H3. The number of carbonyl (C=O) groups excluding carboxylic acids is 1. The Bertz CT molecular complexity index is 231. The molecule has 0 aromatic carbocycles. The molecule has 1 amide bonds. The second kappa shape index (κ2) is 5.88. The van der Waals surface area contributed by atoms with Crippen molar-refractivity contribution in [2.24, 2.45) is 0 Å². The zero-order valence-electron chi connectivity index (χ0n) is 9.61. The highest BCUT2D eigenvalue weighted by atomic mass is 16.5. The summed E-state index contributed by atoms with van der Waals surface area (Å²) in [5, 5.41) is 0. The molecule has 0 aliphatic carbocycles. The van der Waals surface area contributed by atoms with Crippen LogP contribution in [0.4, 0.5) is 0 Å². The van der Waals surface area contributed by atoms with Crippen molar-refractivity contribution in [3.63, 3.8) is 0 Å². The third-order valence-electron chi connectivity index (χ3n) is 2.70. The van der Waals surface area contributed by atoms with Crippen molar-refractivity contribution < 1.29 is 9.53 Å². The van der Waals surface area contributed by atoms with E-state index in [9.17, 15) is 4.79 Å². The van der Waals surface area contributed by atoms with E-state index >= 15 is 0 Å². The minimum Gasteiger partial charge on any atom is -0.362 e. The van der Waals surface area contributed by atoms with Gasteiger partial charge in [0.05, 0.1) is 6.61 Å². The summed E-state index contributed by atoms with van der Waals surface area (Å²) in [5.74, 6) is 0.0997. The van der Waals surface area contributed by atoms with Crippen LogP contribution in [-0.4, -0.2) is 54.7 Å². The minimum absolute atomic E-state index is 0.0997. The van der Waals surface area contributed by atoms with Gasteiger partial charge in [0, 0.05) is 33.1 Å². The van der Waals surface area contributed by atoms with E-state index in [-0.39, 0.29) is 12.1 Å². The van der Waals surface area contributed by atoms with E-state index < -0.39 is 0 Å². The van der Waals surface area contributed by atoms with Crippen molar-refractivity contribution in [1.29, 1.82) is 0 Å². The van der Waals surface area contributed by atoms with E-state index in [1.54, 1.807) is 17.9 Å². The molecule has 1 atom stereocenters. The second-order valence-corrected chi connectivity index (χ2v) is 3.76. The number of rotatable bonds is 5. The molecule has 1 heterocycles. The Labute approximate surface area is 91.5 Å². The SMILES string of the molecule is C=CCN(CCN1CCOC1C)C(C)=O. The van der Waals surface area contributed by atoms with Crippen LogP contribution in [0.15, 0.2) is 12.7 Å². The van der Waals surface area contributed by atoms with Gasteiger partial charge < -0.3 is 9.64 Å². The van der Waals surface area contributed by atoms with Gasteiger partial charge in [-0.25, -0.2) is 0 Å². The maximum Gasteiger partial charge on any atom is 0.219 e. The smallest absolute Gasteiger partial charge is 0.219 e. The summed E-state index contributed by atoms with van der Waals surface area (Å²) in [6.07, 6.45) is 1.94. The topological polar surface area (TPSA) is 32.8 Å². The van der Waals surface area contributed by atoms with E-state index in [1.807, 2.05) is 6.92 Å². The van der Waals surface area contributed by atoms with E-state index in [2.05, 4.69) is 11.5 Å². The first-order valence-corrected chi connectivity index (χ1v) is 5.37. The monoisotopic (exact) mass is 212 g/mol. The summed E-state index contributed by atoms with van der Waals surface area (Å²) in [4.78, 5) is 15.3. The van der Waals surface area contributed by atoms with Crippen molar-refractivity contribution in [2.75, 3.05) is 32.8 Å². The Morgan fingerprint density at radius 3 is 2.93 bits per heavy atom. The molecule has 1 aliphatic rings. The summed E-state index contributed by atoms with van der Waals surface area (Å²) >= 11 is 0. The lowest BCUT2D eigenvalue weighted by Gasteiger charge is -2.24. The molecule has 0 saturated carbocycles. The number of hydrogen-bond donors (Lipinski definition) is 0. The largest absolute Gasteiger partial charge is 0.362 e. The molecule has 0 aromatic heterocycles. The number of nitrogens with zero attached hydrogens (tertiary/aromatic N) is 2. The van der Waals surface area contributed by atoms with Crippen molar-refractivity contribution in [3.8, 4) is 0 Å². The van der Waals surface area contributed by atoms with Gasteiger partial charge >= 0.3 is 0 Å². The lowest BCUT2D eigenvalue weighted by molar-refractivity contribution is -0.128. The van der Waals surface area contributed by atoms with Gasteiger partial charge in [-0.15, -0.1) is 6.58 Å². The third kappa shape index (κ3) is 3.64. The maximum atomic E-state index is 11.2. The number of amides is 1. The van der Waals surface area contributed by atoms with Gasteiger partial charge in [-0.3, -0.25) is 9.69 Å². The molecule has 15 heavy (non-hydrogen) atoms. The lowest BCUT2D eigenvalue weighted by Crippen LogP contribution is -2.39. The molecule has 0 aromatic rings. The van der Waals surface area contributed by atoms with Crippen LogP contribution < -0.4 is 0 Å². The van der Waals surface area contributed by atoms with Gasteiger partial charge in [0.2, 0.25) is 5.91 Å². The van der Waals surface area contributed by atoms with Gasteiger partial charge in [-0.2, -0.15) is 0 Å². The van der Waals surface area contributed by atoms with Gasteiger partial charge in [-0.1, -0.05) is 6.08 Å². The van der Waals surface area contributed by atoms with Gasteiger partial charge in [-0.05, 0) is 6.92 Å². The first-order chi connectivity index (χ1) is 7.15. The second-order valence-electron chi connectivity index (χ2n) is 3.76. The molecule has 1 saturated heterocycles. The Balaban J connectivity index is 2.32. The summed E-state index contributed by atoms with van der Waals surface area (Å²) < 4.78 is 5.42. The number of hydrogen-bond acceptors (Lipinski definition) is 3. The maximum absolute atomic E-state index is 11.2. The molecule has 4 heteroatoms. The van der Waals surface area contributed by atoms with Crippen LogP contribution in [0.25, 0.3) is 0 Å². The normalized spacial score (nSPS) is 21.6. The summed E-state index contributed by atoms with van der Waals surface area (Å²) in [6, 6.07) is 0. The Kier molecular flexibility index (Phi) is 4.78. The van der Waals surface area contributed by atoms with Gasteiger partial charge in [0.15, 0.2) is 0 Å². The molecule has 1 unspecified atom stereocenters. The van der Waals surface area contributed by atoms with Crippen LogP contribution in [-0.2, 0) is 9.53 Å². The molecule has 0 spiro atoms. The van der Waals surface area contributed by atoms with Crippen molar-refractivity contribution >= 4 is 5.91 Å². The van der Waals surface area contributed by atoms with Gasteiger partial charge in [0.25, 0.3) is 0 Å². The Hall–Kier alpha value is -0.870. The highest BCUT2D eigenvalue weighted by Crippen LogP contribution is 2.08. The predicted octanol–water partition coefficient (Wildman–Crippen LogP) is 0.699. The van der Waals surface area contributed by atoms with Crippen molar-refractivity contribution in [3.05, 3.63) is 12.7 Å². The fourth-order valence-electron chi connectivity index (χ4n) is 1.70. The van der Waals surface area contributed by atoms with Crippen LogP contribution in [0.1, 0.15) is 13.8 Å². The number of ether oxygens (including phenoxy) is 1. The van der Waals surface area contributed by atoms with Gasteiger partial charge in [0.1, 0.15) is 6.23 Å². The zero-order chi connectivity index (χ0) is 11.3. The first kappa shape index (κ1) is 12.2. The molecule has 4 nitrogen and oxygen atoms in total. The average molecular weight is 212 g/mol. The van der Waals surface area contributed by atoms with E-state index in [1.165, 1.54) is 0 Å². The molecule has 1 aliphatic heterocycles. The van der Waals surface area contributed by atoms with E-state index in [0.29, 0.717) is 6.54 Å². The zero-order valence-corrected chi connectivity index (χ0v) is 9.61. The summed E-state index contributed by atoms with van der Waals surface area (Å²) in [5.41, 5.74) is 0. The average Bonchev–Trinajstić information content (AvgIpc) is 2.58. The van der Waals surface area contributed by atoms with Crippen molar-refractivity contribution in [2.45, 2.75) is 20.1 Å².